The standard InChI is InChI=1S/C15H20FNO3/c1-17(11-7-3-4-8-12(11)18)15(19)14-10(16)6-5-9-13(14)20-2/h5-6,9,11-12,18H,3-4,7-8H2,1-2H3. The molecule has 2 rings (SSSR count). The second-order valence-electron chi connectivity index (χ2n) is 5.15. The molecule has 1 aliphatic rings. The molecule has 0 bridgehead atoms. The van der Waals surface area contributed by atoms with E-state index in [-0.39, 0.29) is 17.4 Å². The van der Waals surface area contributed by atoms with Gasteiger partial charge in [-0.25, -0.2) is 4.39 Å². The van der Waals surface area contributed by atoms with Crippen molar-refractivity contribution in [3.8, 4) is 5.75 Å². The summed E-state index contributed by atoms with van der Waals surface area (Å²) >= 11 is 0. The van der Waals surface area contributed by atoms with Gasteiger partial charge in [-0.1, -0.05) is 18.9 Å². The minimum Gasteiger partial charge on any atom is -0.496 e. The maximum Gasteiger partial charge on any atom is 0.260 e. The van der Waals surface area contributed by atoms with Gasteiger partial charge in [-0.2, -0.15) is 0 Å². The molecule has 0 saturated heterocycles. The minimum atomic E-state index is -0.605. The molecule has 0 radical (unpaired) electrons. The van der Waals surface area contributed by atoms with Crippen molar-refractivity contribution in [3.63, 3.8) is 0 Å². The number of nitrogens with zero attached hydrogens (tertiary/aromatic N) is 1. The molecule has 1 aromatic carbocycles. The number of aliphatic hydroxyl groups is 1. The summed E-state index contributed by atoms with van der Waals surface area (Å²) in [6.45, 7) is 0. The Labute approximate surface area is 118 Å². The van der Waals surface area contributed by atoms with E-state index in [2.05, 4.69) is 0 Å². The normalized spacial score (nSPS) is 22.4. The van der Waals surface area contributed by atoms with Crippen molar-refractivity contribution in [1.29, 1.82) is 0 Å². The zero-order valence-corrected chi connectivity index (χ0v) is 11.8. The summed E-state index contributed by atoms with van der Waals surface area (Å²) in [6, 6.07) is 4.03. The van der Waals surface area contributed by atoms with Crippen LogP contribution in [0.1, 0.15) is 36.0 Å². The smallest absolute Gasteiger partial charge is 0.260 e. The number of carbonyl (C=O) groups excluding carboxylic acids is 1. The van der Waals surface area contributed by atoms with Gasteiger partial charge in [-0.05, 0) is 25.0 Å². The molecule has 4 nitrogen and oxygen atoms in total. The summed E-state index contributed by atoms with van der Waals surface area (Å²) in [7, 11) is 3.01. The molecule has 20 heavy (non-hydrogen) atoms. The fourth-order valence-electron chi connectivity index (χ4n) is 2.75. The van der Waals surface area contributed by atoms with Crippen LogP contribution >= 0.6 is 0 Å². The van der Waals surface area contributed by atoms with E-state index in [0.29, 0.717) is 6.42 Å². The molecule has 1 aliphatic carbocycles. The third-order valence-electron chi connectivity index (χ3n) is 3.92. The molecule has 110 valence electrons. The number of amides is 1. The number of halogens is 1. The van der Waals surface area contributed by atoms with Crippen molar-refractivity contribution < 1.29 is 19.0 Å². The van der Waals surface area contributed by atoms with Crippen molar-refractivity contribution >= 4 is 5.91 Å². The Hall–Kier alpha value is -1.62. The van der Waals surface area contributed by atoms with Crippen molar-refractivity contribution in [1.82, 2.24) is 4.90 Å². The Balaban J connectivity index is 2.26. The van der Waals surface area contributed by atoms with Gasteiger partial charge in [0.2, 0.25) is 0 Å². The van der Waals surface area contributed by atoms with Crippen molar-refractivity contribution in [3.05, 3.63) is 29.6 Å². The van der Waals surface area contributed by atoms with E-state index in [1.807, 2.05) is 0 Å². The Morgan fingerprint density at radius 2 is 2.10 bits per heavy atom. The summed E-state index contributed by atoms with van der Waals surface area (Å²) in [5.74, 6) is -0.843. The summed E-state index contributed by atoms with van der Waals surface area (Å²) in [5.41, 5.74) is -0.0738. The van der Waals surface area contributed by atoms with Gasteiger partial charge in [0.1, 0.15) is 17.1 Å². The summed E-state index contributed by atoms with van der Waals surface area (Å²) in [5, 5.41) is 10.0. The van der Waals surface area contributed by atoms with Crippen LogP contribution in [0.15, 0.2) is 18.2 Å². The van der Waals surface area contributed by atoms with Crippen LogP contribution in [-0.4, -0.2) is 42.2 Å². The van der Waals surface area contributed by atoms with Gasteiger partial charge in [0.05, 0.1) is 19.3 Å². The van der Waals surface area contributed by atoms with Crippen LogP contribution in [-0.2, 0) is 0 Å². The van der Waals surface area contributed by atoms with E-state index < -0.39 is 17.8 Å². The summed E-state index contributed by atoms with van der Waals surface area (Å²) in [6.07, 6.45) is 2.79. The van der Waals surface area contributed by atoms with Gasteiger partial charge < -0.3 is 14.7 Å². The van der Waals surface area contributed by atoms with Crippen molar-refractivity contribution in [2.24, 2.45) is 0 Å². The van der Waals surface area contributed by atoms with Crippen LogP contribution in [0.2, 0.25) is 0 Å². The van der Waals surface area contributed by atoms with Gasteiger partial charge >= 0.3 is 0 Å². The number of rotatable bonds is 3. The third-order valence-corrected chi connectivity index (χ3v) is 3.92. The maximum absolute atomic E-state index is 13.9. The van der Waals surface area contributed by atoms with E-state index in [9.17, 15) is 14.3 Å². The molecular weight excluding hydrogens is 261 g/mol. The fraction of sp³-hybridized carbons (Fsp3) is 0.533. The molecule has 1 saturated carbocycles. The fourth-order valence-corrected chi connectivity index (χ4v) is 2.75. The van der Waals surface area contributed by atoms with Crippen LogP contribution in [0.5, 0.6) is 5.75 Å². The highest BCUT2D eigenvalue weighted by Crippen LogP contribution is 2.27. The molecule has 2 atom stereocenters. The second kappa shape index (κ2) is 6.22. The zero-order valence-electron chi connectivity index (χ0n) is 11.8. The molecular formula is C15H20FNO3. The number of carbonyl (C=O) groups is 1. The third kappa shape index (κ3) is 2.77. The highest BCUT2D eigenvalue weighted by molar-refractivity contribution is 5.97. The Kier molecular flexibility index (Phi) is 4.60. The van der Waals surface area contributed by atoms with Crippen LogP contribution in [0, 0.1) is 5.82 Å². The Morgan fingerprint density at radius 3 is 2.75 bits per heavy atom. The summed E-state index contributed by atoms with van der Waals surface area (Å²) < 4.78 is 19.0. The van der Waals surface area contributed by atoms with Crippen molar-refractivity contribution in [2.45, 2.75) is 37.8 Å². The number of methoxy groups -OCH3 is 1. The first-order chi connectivity index (χ1) is 9.56. The molecule has 0 spiro atoms. The zero-order chi connectivity index (χ0) is 14.7. The largest absolute Gasteiger partial charge is 0.496 e. The lowest BCUT2D eigenvalue weighted by atomic mass is 9.91. The van der Waals surface area contributed by atoms with E-state index >= 15 is 0 Å². The predicted molar refractivity (Wildman–Crippen MR) is 73.3 cm³/mol. The SMILES string of the molecule is COc1cccc(F)c1C(=O)N(C)C1CCCCC1O. The van der Waals surface area contributed by atoms with Gasteiger partial charge in [0.15, 0.2) is 0 Å². The van der Waals surface area contributed by atoms with Gasteiger partial charge in [0, 0.05) is 7.05 Å². The summed E-state index contributed by atoms with van der Waals surface area (Å²) in [4.78, 5) is 13.9. The lowest BCUT2D eigenvalue weighted by molar-refractivity contribution is 0.0263. The van der Waals surface area contributed by atoms with E-state index in [1.165, 1.54) is 24.1 Å². The van der Waals surface area contributed by atoms with Crippen LogP contribution in [0.25, 0.3) is 0 Å². The number of likely N-dealkylation sites (N-methyl/N-ethyl adjacent to an activating group) is 1. The lowest BCUT2D eigenvalue weighted by Gasteiger charge is -2.35. The molecule has 1 N–H and O–H groups in total. The maximum atomic E-state index is 13.9. The predicted octanol–water partition coefficient (Wildman–Crippen LogP) is 2.21. The van der Waals surface area contributed by atoms with E-state index in [4.69, 9.17) is 4.74 Å². The van der Waals surface area contributed by atoms with Crippen LogP contribution < -0.4 is 4.74 Å². The number of benzene rings is 1. The molecule has 0 aromatic heterocycles. The first-order valence-corrected chi connectivity index (χ1v) is 6.84. The number of ether oxygens (including phenoxy) is 1. The van der Waals surface area contributed by atoms with Gasteiger partial charge in [-0.15, -0.1) is 0 Å². The highest BCUT2D eigenvalue weighted by atomic mass is 19.1. The molecule has 2 unspecified atom stereocenters. The quantitative estimate of drug-likeness (QED) is 0.924. The molecule has 5 heteroatoms. The lowest BCUT2D eigenvalue weighted by Crippen LogP contribution is -2.46. The van der Waals surface area contributed by atoms with Crippen LogP contribution in [0.4, 0.5) is 4.39 Å². The first-order valence-electron chi connectivity index (χ1n) is 6.84. The molecule has 1 amide bonds. The molecule has 1 aromatic rings. The second-order valence-corrected chi connectivity index (χ2v) is 5.15. The van der Waals surface area contributed by atoms with Crippen LogP contribution in [0.3, 0.4) is 0 Å². The van der Waals surface area contributed by atoms with Crippen molar-refractivity contribution in [2.75, 3.05) is 14.2 Å². The molecule has 0 aliphatic heterocycles. The topological polar surface area (TPSA) is 49.8 Å². The average Bonchev–Trinajstić information content (AvgIpc) is 2.46. The first kappa shape index (κ1) is 14.8. The van der Waals surface area contributed by atoms with Gasteiger partial charge in [0.25, 0.3) is 5.91 Å². The Bertz CT molecular complexity index is 492. The highest BCUT2D eigenvalue weighted by Gasteiger charge is 2.32. The van der Waals surface area contributed by atoms with Gasteiger partial charge in [-0.3, -0.25) is 4.79 Å². The number of hydrogen-bond acceptors (Lipinski definition) is 3. The number of hydrogen-bond donors (Lipinski definition) is 1. The van der Waals surface area contributed by atoms with E-state index in [1.54, 1.807) is 13.1 Å². The minimum absolute atomic E-state index is 0.0738. The Morgan fingerprint density at radius 1 is 1.40 bits per heavy atom. The average molecular weight is 281 g/mol. The number of aliphatic hydroxyl groups excluding tert-OH is 1. The monoisotopic (exact) mass is 281 g/mol. The molecule has 1 fully saturated rings. The van der Waals surface area contributed by atoms with E-state index in [0.717, 1.165) is 19.3 Å². The molecule has 0 heterocycles.